The topological polar surface area (TPSA) is 38.7 Å². The highest BCUT2D eigenvalue weighted by Gasteiger charge is 2.55. The van der Waals surface area contributed by atoms with Crippen LogP contribution < -0.4 is 4.74 Å². The van der Waals surface area contributed by atoms with Crippen LogP contribution in [0.1, 0.15) is 82.3 Å². The highest BCUT2D eigenvalue weighted by Crippen LogP contribution is 2.64. The fourth-order valence-electron chi connectivity index (χ4n) is 7.72. The third-order valence-corrected chi connectivity index (χ3v) is 9.12. The van der Waals surface area contributed by atoms with E-state index in [4.69, 9.17) is 9.47 Å². The Kier molecular flexibility index (Phi) is 5.41. The van der Waals surface area contributed by atoms with Crippen LogP contribution in [0.5, 0.6) is 5.75 Å². The minimum Gasteiger partial charge on any atom is -0.465 e. The molecule has 1 saturated heterocycles. The second-order valence-electron chi connectivity index (χ2n) is 10.6. The summed E-state index contributed by atoms with van der Waals surface area (Å²) in [4.78, 5) is 0. The zero-order valence-electron chi connectivity index (χ0n) is 18.2. The van der Waals surface area contributed by atoms with Crippen LogP contribution in [0.4, 0.5) is 0 Å². The maximum atomic E-state index is 9.57. The number of rotatable bonds is 4. The van der Waals surface area contributed by atoms with Crippen molar-refractivity contribution < 1.29 is 14.6 Å². The summed E-state index contributed by atoms with van der Waals surface area (Å²) in [5, 5.41) is 9.57. The van der Waals surface area contributed by atoms with Gasteiger partial charge in [0, 0.05) is 13.0 Å². The van der Waals surface area contributed by atoms with Crippen molar-refractivity contribution in [3.63, 3.8) is 0 Å². The van der Waals surface area contributed by atoms with Gasteiger partial charge in [-0.3, -0.25) is 0 Å². The quantitative estimate of drug-likeness (QED) is 0.708. The van der Waals surface area contributed by atoms with Crippen molar-refractivity contribution in [3.05, 3.63) is 29.3 Å². The summed E-state index contributed by atoms with van der Waals surface area (Å²) in [6.07, 6.45) is 10.8. The number of hydrogen-bond donors (Lipinski definition) is 1. The fourth-order valence-corrected chi connectivity index (χ4v) is 7.72. The van der Waals surface area contributed by atoms with Crippen LogP contribution in [0.3, 0.4) is 0 Å². The average molecular weight is 399 g/mol. The largest absolute Gasteiger partial charge is 0.465 e. The van der Waals surface area contributed by atoms with Crippen molar-refractivity contribution in [2.75, 3.05) is 13.2 Å². The standard InChI is InChI=1S/C26H38O3/c1-17-15-18-16-20(29-24-5-3-4-14-28-24)7-8-21(18)22-10-12-26(2)19(11-13-27)6-9-23(26)25(17)22/h7-8,16-17,19,22-25,27H,3-6,9-15H2,1-2H3/t17-,19-,22-,23+,24?,25-,26-/m1/s1. The van der Waals surface area contributed by atoms with E-state index in [-0.39, 0.29) is 6.29 Å². The molecule has 1 unspecified atom stereocenters. The fraction of sp³-hybridized carbons (Fsp3) is 0.769. The third kappa shape index (κ3) is 3.43. The Labute approximate surface area is 176 Å². The van der Waals surface area contributed by atoms with Gasteiger partial charge >= 0.3 is 0 Å². The van der Waals surface area contributed by atoms with E-state index in [1.165, 1.54) is 44.1 Å². The van der Waals surface area contributed by atoms with Crippen molar-refractivity contribution in [1.82, 2.24) is 0 Å². The first kappa shape index (κ1) is 19.9. The van der Waals surface area contributed by atoms with Crippen molar-refractivity contribution in [1.29, 1.82) is 0 Å². The van der Waals surface area contributed by atoms with Crippen LogP contribution in [0.25, 0.3) is 0 Å². The first-order valence-electron chi connectivity index (χ1n) is 12.1. The molecule has 1 aromatic rings. The SMILES string of the molecule is C[C@@H]1Cc2cc(OC3CCCCO3)ccc2[C@H]2CC[C@]3(C)[C@@H](CCO)CC[C@H]3[C@H]12. The third-order valence-electron chi connectivity index (χ3n) is 9.12. The molecule has 3 heteroatoms. The Hall–Kier alpha value is -1.06. The molecule has 3 fully saturated rings. The molecular formula is C26H38O3. The predicted octanol–water partition coefficient (Wildman–Crippen LogP) is 5.69. The Morgan fingerprint density at radius 3 is 2.86 bits per heavy atom. The summed E-state index contributed by atoms with van der Waals surface area (Å²) in [6, 6.07) is 6.89. The van der Waals surface area contributed by atoms with Gasteiger partial charge in [0.15, 0.2) is 6.29 Å². The van der Waals surface area contributed by atoms with E-state index in [1.54, 1.807) is 5.56 Å². The molecule has 160 valence electrons. The van der Waals surface area contributed by atoms with E-state index in [0.717, 1.165) is 55.3 Å². The summed E-state index contributed by atoms with van der Waals surface area (Å²) < 4.78 is 12.0. The van der Waals surface area contributed by atoms with Crippen LogP contribution in [0.15, 0.2) is 18.2 Å². The molecule has 0 radical (unpaired) electrons. The molecule has 0 bridgehead atoms. The van der Waals surface area contributed by atoms with Crippen LogP contribution in [0.2, 0.25) is 0 Å². The van der Waals surface area contributed by atoms with E-state index < -0.39 is 0 Å². The Bertz CT molecular complexity index is 725. The second kappa shape index (κ2) is 7.89. The van der Waals surface area contributed by atoms with E-state index in [0.29, 0.717) is 17.9 Å². The van der Waals surface area contributed by atoms with Crippen LogP contribution in [-0.2, 0) is 11.2 Å². The highest BCUT2D eigenvalue weighted by atomic mass is 16.7. The number of aliphatic hydroxyl groups excluding tert-OH is 1. The minimum atomic E-state index is -0.0621. The lowest BCUT2D eigenvalue weighted by atomic mass is 9.51. The van der Waals surface area contributed by atoms with E-state index >= 15 is 0 Å². The minimum absolute atomic E-state index is 0.0621. The van der Waals surface area contributed by atoms with E-state index in [9.17, 15) is 5.11 Å². The molecule has 5 rings (SSSR count). The summed E-state index contributed by atoms with van der Waals surface area (Å²) in [5.41, 5.74) is 3.55. The second-order valence-corrected chi connectivity index (χ2v) is 10.6. The van der Waals surface area contributed by atoms with Gasteiger partial charge in [-0.15, -0.1) is 0 Å². The van der Waals surface area contributed by atoms with Crippen LogP contribution >= 0.6 is 0 Å². The van der Waals surface area contributed by atoms with Crippen LogP contribution in [-0.4, -0.2) is 24.6 Å². The monoisotopic (exact) mass is 398 g/mol. The zero-order valence-corrected chi connectivity index (χ0v) is 18.2. The number of aliphatic hydroxyl groups is 1. The molecule has 4 aliphatic rings. The van der Waals surface area contributed by atoms with Gasteiger partial charge in [-0.25, -0.2) is 0 Å². The van der Waals surface area contributed by atoms with E-state index in [2.05, 4.69) is 32.0 Å². The lowest BCUT2D eigenvalue weighted by Gasteiger charge is -2.53. The number of hydrogen-bond acceptors (Lipinski definition) is 3. The molecule has 1 aromatic carbocycles. The van der Waals surface area contributed by atoms with Gasteiger partial charge in [0.1, 0.15) is 5.75 Å². The highest BCUT2D eigenvalue weighted by molar-refractivity contribution is 5.41. The Balaban J connectivity index is 1.37. The lowest BCUT2D eigenvalue weighted by Crippen LogP contribution is -2.45. The smallest absolute Gasteiger partial charge is 0.199 e. The van der Waals surface area contributed by atoms with Gasteiger partial charge in [-0.1, -0.05) is 19.9 Å². The molecule has 3 nitrogen and oxygen atoms in total. The Morgan fingerprint density at radius 1 is 1.17 bits per heavy atom. The number of fused-ring (bicyclic) bond motifs is 5. The van der Waals surface area contributed by atoms with Gasteiger partial charge in [0.05, 0.1) is 6.61 Å². The molecule has 7 atom stereocenters. The molecule has 1 heterocycles. The molecule has 29 heavy (non-hydrogen) atoms. The van der Waals surface area contributed by atoms with E-state index in [1.807, 2.05) is 0 Å². The van der Waals surface area contributed by atoms with Gasteiger partial charge in [0.2, 0.25) is 0 Å². The van der Waals surface area contributed by atoms with Crippen molar-refractivity contribution in [2.45, 2.75) is 83.8 Å². The van der Waals surface area contributed by atoms with Gasteiger partial charge in [-0.05, 0) is 110 Å². The molecule has 1 aliphatic heterocycles. The van der Waals surface area contributed by atoms with Gasteiger partial charge in [0.25, 0.3) is 0 Å². The normalized spacial score (nSPS) is 41.3. The first-order chi connectivity index (χ1) is 14.1. The maximum absolute atomic E-state index is 9.57. The van der Waals surface area contributed by atoms with Crippen molar-refractivity contribution in [3.8, 4) is 5.75 Å². The van der Waals surface area contributed by atoms with Gasteiger partial charge in [-0.2, -0.15) is 0 Å². The summed E-state index contributed by atoms with van der Waals surface area (Å²) in [6.45, 7) is 6.22. The molecular weight excluding hydrogens is 360 g/mol. The summed E-state index contributed by atoms with van der Waals surface area (Å²) in [5.74, 6) is 4.78. The molecule has 0 aromatic heterocycles. The van der Waals surface area contributed by atoms with Crippen molar-refractivity contribution in [2.24, 2.45) is 29.1 Å². The maximum Gasteiger partial charge on any atom is 0.199 e. The predicted molar refractivity (Wildman–Crippen MR) is 115 cm³/mol. The molecule has 2 saturated carbocycles. The molecule has 0 spiro atoms. The summed E-state index contributed by atoms with van der Waals surface area (Å²) >= 11 is 0. The average Bonchev–Trinajstić information content (AvgIpc) is 3.05. The first-order valence-corrected chi connectivity index (χ1v) is 12.1. The van der Waals surface area contributed by atoms with Crippen LogP contribution in [0, 0.1) is 29.1 Å². The number of ether oxygens (including phenoxy) is 2. The number of benzene rings is 1. The summed E-state index contributed by atoms with van der Waals surface area (Å²) in [7, 11) is 0. The molecule has 0 amide bonds. The molecule has 3 aliphatic carbocycles. The van der Waals surface area contributed by atoms with Gasteiger partial charge < -0.3 is 14.6 Å². The Morgan fingerprint density at radius 2 is 2.07 bits per heavy atom. The molecule has 1 N–H and O–H groups in total. The van der Waals surface area contributed by atoms with Crippen molar-refractivity contribution >= 4 is 0 Å². The zero-order chi connectivity index (χ0) is 20.0. The lowest BCUT2D eigenvalue weighted by molar-refractivity contribution is -0.105.